The Balaban J connectivity index is 2.22. The molecule has 0 bridgehead atoms. The van der Waals surface area contributed by atoms with Gasteiger partial charge in [0, 0.05) is 11.4 Å². The summed E-state index contributed by atoms with van der Waals surface area (Å²) in [6, 6.07) is 0. The topological polar surface area (TPSA) is 42.0 Å². The van der Waals surface area contributed by atoms with Crippen molar-refractivity contribution >= 4 is 17.2 Å². The van der Waals surface area contributed by atoms with Crippen molar-refractivity contribution in [2.24, 2.45) is 0 Å². The summed E-state index contributed by atoms with van der Waals surface area (Å²) in [5, 5.41) is 2.92. The van der Waals surface area contributed by atoms with Crippen LogP contribution in [0.2, 0.25) is 0 Å². The molecule has 4 heteroatoms. The zero-order valence-electron chi connectivity index (χ0n) is 9.38. The molecule has 1 heterocycles. The highest BCUT2D eigenvalue weighted by Crippen LogP contribution is 2.12. The molecule has 0 saturated carbocycles. The number of amides is 1. The summed E-state index contributed by atoms with van der Waals surface area (Å²) >= 11 is 1.55. The first kappa shape index (κ1) is 12.2. The Labute approximate surface area is 94.9 Å². The molecule has 0 unspecified atom stereocenters. The minimum atomic E-state index is 0.110. The molecule has 1 N–H and O–H groups in total. The fourth-order valence-electron chi connectivity index (χ4n) is 1.31. The number of nitrogens with one attached hydrogen (secondary N) is 1. The number of thiazole rings is 1. The number of aromatic nitrogens is 1. The van der Waals surface area contributed by atoms with Crippen molar-refractivity contribution in [2.45, 2.75) is 39.5 Å². The van der Waals surface area contributed by atoms with Crippen LogP contribution < -0.4 is 5.32 Å². The molecule has 0 spiro atoms. The summed E-state index contributed by atoms with van der Waals surface area (Å²) in [6.07, 6.45) is 3.91. The largest absolute Gasteiger partial charge is 0.356 e. The van der Waals surface area contributed by atoms with E-state index in [0.29, 0.717) is 6.42 Å². The molecule has 1 aromatic heterocycles. The lowest BCUT2D eigenvalue weighted by Crippen LogP contribution is -2.25. The third-order valence-corrected chi connectivity index (χ3v) is 3.20. The van der Waals surface area contributed by atoms with Crippen LogP contribution in [0, 0.1) is 6.92 Å². The van der Waals surface area contributed by atoms with Crippen molar-refractivity contribution < 1.29 is 4.79 Å². The SMILES string of the molecule is CCCCCNC(=O)Cc1scnc1C. The minimum absolute atomic E-state index is 0.110. The second-order valence-corrected chi connectivity index (χ2v) is 4.53. The quantitative estimate of drug-likeness (QED) is 0.756. The van der Waals surface area contributed by atoms with E-state index in [4.69, 9.17) is 0 Å². The third-order valence-electron chi connectivity index (χ3n) is 2.27. The Kier molecular flexibility index (Phi) is 5.32. The molecule has 0 fully saturated rings. The van der Waals surface area contributed by atoms with Crippen LogP contribution in [0.1, 0.15) is 36.8 Å². The van der Waals surface area contributed by atoms with E-state index in [2.05, 4.69) is 17.2 Å². The number of hydrogen-bond acceptors (Lipinski definition) is 3. The molecule has 15 heavy (non-hydrogen) atoms. The van der Waals surface area contributed by atoms with E-state index in [0.717, 1.165) is 23.5 Å². The predicted octanol–water partition coefficient (Wildman–Crippen LogP) is 2.30. The summed E-state index contributed by atoms with van der Waals surface area (Å²) in [5.74, 6) is 0.110. The summed E-state index contributed by atoms with van der Waals surface area (Å²) < 4.78 is 0. The van der Waals surface area contributed by atoms with Gasteiger partial charge in [-0.1, -0.05) is 19.8 Å². The molecule has 0 atom stereocenters. The van der Waals surface area contributed by atoms with Crippen LogP contribution in [0.15, 0.2) is 5.51 Å². The van der Waals surface area contributed by atoms with Gasteiger partial charge in [-0.3, -0.25) is 4.79 Å². The van der Waals surface area contributed by atoms with E-state index >= 15 is 0 Å². The van der Waals surface area contributed by atoms with Gasteiger partial charge < -0.3 is 5.32 Å². The number of unbranched alkanes of at least 4 members (excludes halogenated alkanes) is 2. The maximum absolute atomic E-state index is 11.5. The van der Waals surface area contributed by atoms with Crippen molar-refractivity contribution in [1.29, 1.82) is 0 Å². The molecule has 0 aliphatic carbocycles. The van der Waals surface area contributed by atoms with Crippen molar-refractivity contribution in [3.63, 3.8) is 0 Å². The van der Waals surface area contributed by atoms with Gasteiger partial charge in [0.2, 0.25) is 5.91 Å². The van der Waals surface area contributed by atoms with Crippen LogP contribution in [0.5, 0.6) is 0 Å². The summed E-state index contributed by atoms with van der Waals surface area (Å²) in [7, 11) is 0. The van der Waals surface area contributed by atoms with Gasteiger partial charge in [0.25, 0.3) is 0 Å². The first-order valence-corrected chi connectivity index (χ1v) is 6.27. The van der Waals surface area contributed by atoms with E-state index in [9.17, 15) is 4.79 Å². The Morgan fingerprint density at radius 2 is 2.33 bits per heavy atom. The minimum Gasteiger partial charge on any atom is -0.356 e. The van der Waals surface area contributed by atoms with Crippen LogP contribution in [0.25, 0.3) is 0 Å². The van der Waals surface area contributed by atoms with Crippen LogP contribution in [0.3, 0.4) is 0 Å². The number of aryl methyl sites for hydroxylation is 1. The Bertz CT molecular complexity index is 309. The van der Waals surface area contributed by atoms with Crippen LogP contribution in [-0.2, 0) is 11.2 Å². The van der Waals surface area contributed by atoms with E-state index in [-0.39, 0.29) is 5.91 Å². The molecule has 0 aromatic carbocycles. The molecule has 1 rings (SSSR count). The Morgan fingerprint density at radius 1 is 1.53 bits per heavy atom. The highest BCUT2D eigenvalue weighted by molar-refractivity contribution is 7.09. The van der Waals surface area contributed by atoms with Gasteiger partial charge in [-0.15, -0.1) is 11.3 Å². The van der Waals surface area contributed by atoms with Crippen molar-refractivity contribution in [2.75, 3.05) is 6.54 Å². The molecule has 0 aliphatic heterocycles. The lowest BCUT2D eigenvalue weighted by molar-refractivity contribution is -0.120. The summed E-state index contributed by atoms with van der Waals surface area (Å²) in [5.41, 5.74) is 2.76. The van der Waals surface area contributed by atoms with Crippen LogP contribution >= 0.6 is 11.3 Å². The third kappa shape index (κ3) is 4.42. The predicted molar refractivity (Wildman–Crippen MR) is 63.1 cm³/mol. The molecule has 84 valence electrons. The van der Waals surface area contributed by atoms with E-state index < -0.39 is 0 Å². The van der Waals surface area contributed by atoms with Gasteiger partial charge in [0.1, 0.15) is 0 Å². The summed E-state index contributed by atoms with van der Waals surface area (Å²) in [4.78, 5) is 16.7. The second-order valence-electron chi connectivity index (χ2n) is 3.59. The van der Waals surface area contributed by atoms with Crippen molar-refractivity contribution in [1.82, 2.24) is 10.3 Å². The van der Waals surface area contributed by atoms with Gasteiger partial charge in [0.05, 0.1) is 17.6 Å². The fourth-order valence-corrected chi connectivity index (χ4v) is 2.08. The molecule has 1 aromatic rings. The van der Waals surface area contributed by atoms with Gasteiger partial charge in [-0.05, 0) is 13.3 Å². The maximum atomic E-state index is 11.5. The number of hydrogen-bond donors (Lipinski definition) is 1. The monoisotopic (exact) mass is 226 g/mol. The van der Waals surface area contributed by atoms with E-state index in [1.165, 1.54) is 12.8 Å². The molecule has 3 nitrogen and oxygen atoms in total. The van der Waals surface area contributed by atoms with E-state index in [1.54, 1.807) is 16.8 Å². The first-order chi connectivity index (χ1) is 7.24. The zero-order valence-corrected chi connectivity index (χ0v) is 10.2. The van der Waals surface area contributed by atoms with Crippen molar-refractivity contribution in [3.8, 4) is 0 Å². The Morgan fingerprint density at radius 3 is 2.93 bits per heavy atom. The smallest absolute Gasteiger partial charge is 0.225 e. The average molecular weight is 226 g/mol. The molecule has 0 saturated heterocycles. The fraction of sp³-hybridized carbons (Fsp3) is 0.636. The highest BCUT2D eigenvalue weighted by atomic mass is 32.1. The number of nitrogens with zero attached hydrogens (tertiary/aromatic N) is 1. The lowest BCUT2D eigenvalue weighted by Gasteiger charge is -2.03. The normalized spacial score (nSPS) is 10.3. The number of rotatable bonds is 6. The molecule has 0 aliphatic rings. The standard InChI is InChI=1S/C11H18N2OS/c1-3-4-5-6-12-11(14)7-10-9(2)13-8-15-10/h8H,3-7H2,1-2H3,(H,12,14). The average Bonchev–Trinajstić information content (AvgIpc) is 2.59. The molecular formula is C11H18N2OS. The van der Waals surface area contributed by atoms with Crippen molar-refractivity contribution in [3.05, 3.63) is 16.1 Å². The second kappa shape index (κ2) is 6.56. The molecule has 0 radical (unpaired) electrons. The number of carbonyl (C=O) groups excluding carboxylic acids is 1. The zero-order chi connectivity index (χ0) is 11.1. The van der Waals surface area contributed by atoms with Gasteiger partial charge in [-0.2, -0.15) is 0 Å². The first-order valence-electron chi connectivity index (χ1n) is 5.39. The van der Waals surface area contributed by atoms with Gasteiger partial charge in [0.15, 0.2) is 0 Å². The lowest BCUT2D eigenvalue weighted by atomic mass is 10.2. The van der Waals surface area contributed by atoms with Gasteiger partial charge in [-0.25, -0.2) is 4.98 Å². The van der Waals surface area contributed by atoms with E-state index in [1.807, 2.05) is 6.92 Å². The van der Waals surface area contributed by atoms with Crippen LogP contribution in [-0.4, -0.2) is 17.4 Å². The summed E-state index contributed by atoms with van der Waals surface area (Å²) in [6.45, 7) is 4.89. The molecule has 1 amide bonds. The van der Waals surface area contributed by atoms with Crippen LogP contribution in [0.4, 0.5) is 0 Å². The Hall–Kier alpha value is -0.900. The highest BCUT2D eigenvalue weighted by Gasteiger charge is 2.07. The molecular weight excluding hydrogens is 208 g/mol. The number of carbonyl (C=O) groups is 1. The van der Waals surface area contributed by atoms with Gasteiger partial charge >= 0.3 is 0 Å². The maximum Gasteiger partial charge on any atom is 0.225 e.